The predicted molar refractivity (Wildman–Crippen MR) is 68.2 cm³/mol. The molecule has 3 nitrogen and oxygen atoms in total. The second-order valence-electron chi connectivity index (χ2n) is 4.48. The zero-order valence-electron chi connectivity index (χ0n) is 10.0. The van der Waals surface area contributed by atoms with E-state index < -0.39 is 0 Å². The number of nitrogens with zero attached hydrogens (tertiary/aromatic N) is 2. The Hall–Kier alpha value is -1.09. The second kappa shape index (κ2) is 5.50. The summed E-state index contributed by atoms with van der Waals surface area (Å²) in [4.78, 5) is 18.1. The normalized spacial score (nSPS) is 15.4. The van der Waals surface area contributed by atoms with Gasteiger partial charge in [-0.1, -0.05) is 18.0 Å². The molecule has 0 unspecified atom stereocenters. The fraction of sp³-hybridized carbons (Fsp3) is 0.538. The first-order valence-electron chi connectivity index (χ1n) is 6.12. The monoisotopic (exact) mass is 252 g/mol. The quantitative estimate of drug-likeness (QED) is 0.772. The van der Waals surface area contributed by atoms with E-state index in [2.05, 4.69) is 4.98 Å². The van der Waals surface area contributed by atoms with Gasteiger partial charge < -0.3 is 4.90 Å². The van der Waals surface area contributed by atoms with Crippen LogP contribution < -0.4 is 0 Å². The number of carbonyl (C=O) groups is 1. The van der Waals surface area contributed by atoms with Crippen LogP contribution in [0.2, 0.25) is 5.15 Å². The van der Waals surface area contributed by atoms with Gasteiger partial charge in [-0.05, 0) is 37.8 Å². The van der Waals surface area contributed by atoms with E-state index in [-0.39, 0.29) is 5.91 Å². The first-order chi connectivity index (χ1) is 8.22. The summed E-state index contributed by atoms with van der Waals surface area (Å²) in [6.07, 6.45) is 5.38. The van der Waals surface area contributed by atoms with Gasteiger partial charge in [0.2, 0.25) is 0 Å². The van der Waals surface area contributed by atoms with Crippen LogP contribution in [0.5, 0.6) is 0 Å². The minimum atomic E-state index is -0.00231. The van der Waals surface area contributed by atoms with E-state index in [1.54, 1.807) is 18.3 Å². The van der Waals surface area contributed by atoms with Gasteiger partial charge in [0.15, 0.2) is 0 Å². The summed E-state index contributed by atoms with van der Waals surface area (Å²) in [7, 11) is 0. The number of aromatic nitrogens is 1. The van der Waals surface area contributed by atoms with Crippen molar-refractivity contribution < 1.29 is 4.79 Å². The van der Waals surface area contributed by atoms with Gasteiger partial charge in [0.1, 0.15) is 5.15 Å². The Labute approximate surface area is 107 Å². The number of halogens is 1. The molecule has 4 heteroatoms. The lowest BCUT2D eigenvalue weighted by molar-refractivity contribution is 0.0706. The highest BCUT2D eigenvalue weighted by molar-refractivity contribution is 6.32. The van der Waals surface area contributed by atoms with Crippen molar-refractivity contribution in [3.8, 4) is 0 Å². The van der Waals surface area contributed by atoms with Crippen molar-refractivity contribution in [1.82, 2.24) is 9.88 Å². The fourth-order valence-electron chi connectivity index (χ4n) is 2.06. The van der Waals surface area contributed by atoms with Crippen molar-refractivity contribution in [3.05, 3.63) is 29.0 Å². The Kier molecular flexibility index (Phi) is 4.00. The van der Waals surface area contributed by atoms with Gasteiger partial charge in [-0.25, -0.2) is 4.98 Å². The lowest BCUT2D eigenvalue weighted by Gasteiger charge is -2.31. The number of rotatable bonds is 4. The molecule has 1 aromatic heterocycles. The summed E-state index contributed by atoms with van der Waals surface area (Å²) in [6.45, 7) is 3.57. The lowest BCUT2D eigenvalue weighted by Crippen LogP contribution is -2.37. The number of amides is 1. The van der Waals surface area contributed by atoms with Crippen molar-refractivity contribution in [2.45, 2.75) is 26.2 Å². The highest BCUT2D eigenvalue weighted by atomic mass is 35.5. The maximum atomic E-state index is 12.3. The van der Waals surface area contributed by atoms with Crippen LogP contribution in [0.1, 0.15) is 36.5 Å². The molecule has 0 radical (unpaired) electrons. The molecule has 1 fully saturated rings. The topological polar surface area (TPSA) is 33.2 Å². The van der Waals surface area contributed by atoms with Crippen LogP contribution in [0.25, 0.3) is 0 Å². The van der Waals surface area contributed by atoms with E-state index >= 15 is 0 Å². The van der Waals surface area contributed by atoms with Gasteiger partial charge in [-0.2, -0.15) is 0 Å². The van der Waals surface area contributed by atoms with Crippen LogP contribution in [0.3, 0.4) is 0 Å². The molecular formula is C13H17ClN2O. The van der Waals surface area contributed by atoms with Crippen LogP contribution >= 0.6 is 11.6 Å². The second-order valence-corrected chi connectivity index (χ2v) is 4.84. The van der Waals surface area contributed by atoms with Crippen LogP contribution in [0.4, 0.5) is 0 Å². The van der Waals surface area contributed by atoms with E-state index in [0.717, 1.165) is 13.1 Å². The molecule has 17 heavy (non-hydrogen) atoms. The zero-order valence-corrected chi connectivity index (χ0v) is 10.8. The van der Waals surface area contributed by atoms with Gasteiger partial charge in [-0.3, -0.25) is 4.79 Å². The average molecular weight is 253 g/mol. The van der Waals surface area contributed by atoms with E-state index in [9.17, 15) is 4.79 Å². The van der Waals surface area contributed by atoms with E-state index in [1.165, 1.54) is 19.3 Å². The van der Waals surface area contributed by atoms with Crippen molar-refractivity contribution in [1.29, 1.82) is 0 Å². The maximum absolute atomic E-state index is 12.3. The smallest absolute Gasteiger partial charge is 0.256 e. The first-order valence-corrected chi connectivity index (χ1v) is 6.50. The molecule has 0 N–H and O–H groups in total. The molecule has 0 aliphatic heterocycles. The molecular weight excluding hydrogens is 236 g/mol. The van der Waals surface area contributed by atoms with Crippen molar-refractivity contribution in [3.63, 3.8) is 0 Å². The third kappa shape index (κ3) is 2.78. The predicted octanol–water partition coefficient (Wildman–Crippen LogP) is 3.00. The summed E-state index contributed by atoms with van der Waals surface area (Å²) < 4.78 is 0. The molecule has 0 saturated heterocycles. The average Bonchev–Trinajstić information content (AvgIpc) is 2.28. The molecule has 1 aliphatic rings. The molecule has 1 amide bonds. The number of carbonyl (C=O) groups excluding carboxylic acids is 1. The molecule has 0 aromatic carbocycles. The molecule has 0 atom stereocenters. The van der Waals surface area contributed by atoms with Crippen molar-refractivity contribution in [2.24, 2.45) is 5.92 Å². The molecule has 2 rings (SSSR count). The summed E-state index contributed by atoms with van der Waals surface area (Å²) in [5.74, 6) is 0.673. The van der Waals surface area contributed by atoms with Crippen molar-refractivity contribution in [2.75, 3.05) is 13.1 Å². The van der Waals surface area contributed by atoms with E-state index in [4.69, 9.17) is 11.6 Å². The first kappa shape index (κ1) is 12.4. The Bertz CT molecular complexity index is 404. The largest absolute Gasteiger partial charge is 0.339 e. The molecule has 92 valence electrons. The summed E-state index contributed by atoms with van der Waals surface area (Å²) in [6, 6.07) is 3.48. The Morgan fingerprint density at radius 1 is 1.59 bits per heavy atom. The lowest BCUT2D eigenvalue weighted by atomic mass is 9.85. The van der Waals surface area contributed by atoms with Gasteiger partial charge in [0, 0.05) is 19.3 Å². The number of hydrogen-bond acceptors (Lipinski definition) is 2. The van der Waals surface area contributed by atoms with Gasteiger partial charge in [0.25, 0.3) is 5.91 Å². The maximum Gasteiger partial charge on any atom is 0.256 e. The summed E-state index contributed by atoms with van der Waals surface area (Å²) in [5.41, 5.74) is 0.510. The zero-order chi connectivity index (χ0) is 12.3. The fourth-order valence-corrected chi connectivity index (χ4v) is 2.26. The standard InChI is InChI=1S/C13H17ClN2O/c1-2-16(9-10-5-3-6-10)13(17)11-7-4-8-15-12(11)14/h4,7-8,10H,2-3,5-6,9H2,1H3. The molecule has 1 heterocycles. The minimum absolute atomic E-state index is 0.00231. The Morgan fingerprint density at radius 2 is 2.35 bits per heavy atom. The third-order valence-corrected chi connectivity index (χ3v) is 3.66. The van der Waals surface area contributed by atoms with Crippen LogP contribution in [0, 0.1) is 5.92 Å². The van der Waals surface area contributed by atoms with Gasteiger partial charge in [-0.15, -0.1) is 0 Å². The molecule has 1 aromatic rings. The highest BCUT2D eigenvalue weighted by Crippen LogP contribution is 2.27. The molecule has 0 bridgehead atoms. The van der Waals surface area contributed by atoms with Crippen LogP contribution in [-0.4, -0.2) is 28.9 Å². The number of pyridine rings is 1. The van der Waals surface area contributed by atoms with Gasteiger partial charge in [0.05, 0.1) is 5.56 Å². The van der Waals surface area contributed by atoms with E-state index in [1.807, 2.05) is 11.8 Å². The molecule has 1 saturated carbocycles. The van der Waals surface area contributed by atoms with Crippen molar-refractivity contribution >= 4 is 17.5 Å². The Morgan fingerprint density at radius 3 is 2.88 bits per heavy atom. The number of hydrogen-bond donors (Lipinski definition) is 0. The third-order valence-electron chi connectivity index (χ3n) is 3.36. The molecule has 0 spiro atoms. The van der Waals surface area contributed by atoms with Crippen LogP contribution in [0.15, 0.2) is 18.3 Å². The molecule has 1 aliphatic carbocycles. The van der Waals surface area contributed by atoms with Crippen LogP contribution in [-0.2, 0) is 0 Å². The SMILES string of the molecule is CCN(CC1CCC1)C(=O)c1cccnc1Cl. The minimum Gasteiger partial charge on any atom is -0.339 e. The Balaban J connectivity index is 2.08. The summed E-state index contributed by atoms with van der Waals surface area (Å²) >= 11 is 5.95. The van der Waals surface area contributed by atoms with Gasteiger partial charge >= 0.3 is 0 Å². The van der Waals surface area contributed by atoms with E-state index in [0.29, 0.717) is 16.6 Å². The summed E-state index contributed by atoms with van der Waals surface area (Å²) in [5, 5.41) is 0.296. The highest BCUT2D eigenvalue weighted by Gasteiger charge is 2.24.